The largest absolute Gasteiger partial charge is 0.0622 e. The van der Waals surface area contributed by atoms with Gasteiger partial charge in [-0.3, -0.25) is 0 Å². The molecule has 0 N–H and O–H groups in total. The van der Waals surface area contributed by atoms with Gasteiger partial charge in [0.2, 0.25) is 0 Å². The summed E-state index contributed by atoms with van der Waals surface area (Å²) in [4.78, 5) is 0. The van der Waals surface area contributed by atoms with E-state index in [9.17, 15) is 0 Å². The van der Waals surface area contributed by atoms with E-state index < -0.39 is 0 Å². The molecule has 9 aromatic rings. The molecule has 0 unspecified atom stereocenters. The third kappa shape index (κ3) is 4.46. The fourth-order valence-corrected chi connectivity index (χ4v) is 8.24. The van der Waals surface area contributed by atoms with Crippen molar-refractivity contribution in [3.05, 3.63) is 205 Å². The highest BCUT2D eigenvalue weighted by molar-refractivity contribution is 6.26. The fraction of sp³-hybridized carbons (Fsp3) is 0. The summed E-state index contributed by atoms with van der Waals surface area (Å²) in [5.74, 6) is 0. The van der Waals surface area contributed by atoms with E-state index in [0.717, 1.165) is 0 Å². The van der Waals surface area contributed by atoms with Crippen LogP contribution in [0.4, 0.5) is 0 Å². The molecule has 0 heterocycles. The lowest BCUT2D eigenvalue weighted by atomic mass is 9.84. The highest BCUT2D eigenvalue weighted by atomic mass is 14.3. The second kappa shape index (κ2) is 11.6. The molecule has 0 saturated heterocycles. The number of hydrogen-bond acceptors (Lipinski definition) is 0. The van der Waals surface area contributed by atoms with E-state index in [1.165, 1.54) is 99.1 Å². The Morgan fingerprint density at radius 1 is 0.300 bits per heavy atom. The van der Waals surface area contributed by atoms with Crippen LogP contribution in [0.2, 0.25) is 0 Å². The van der Waals surface area contributed by atoms with Gasteiger partial charge >= 0.3 is 0 Å². The van der Waals surface area contributed by atoms with Crippen molar-refractivity contribution in [3.63, 3.8) is 0 Å². The summed E-state index contributed by atoms with van der Waals surface area (Å²) in [6.07, 6.45) is 2.31. The average Bonchev–Trinajstić information content (AvgIpc) is 3.52. The Labute approximate surface area is 292 Å². The number of fused-ring (bicyclic) bond motifs is 5. The van der Waals surface area contributed by atoms with Gasteiger partial charge in [-0.05, 0) is 105 Å². The Kier molecular flexibility index (Phi) is 6.60. The first kappa shape index (κ1) is 28.5. The molecule has 0 aliphatic heterocycles. The molecule has 1 aliphatic carbocycles. The van der Waals surface area contributed by atoms with Gasteiger partial charge in [-0.15, -0.1) is 0 Å². The van der Waals surface area contributed by atoms with Gasteiger partial charge in [0.1, 0.15) is 0 Å². The van der Waals surface area contributed by atoms with Crippen LogP contribution in [0.5, 0.6) is 0 Å². The van der Waals surface area contributed by atoms with Crippen LogP contribution in [0, 0.1) is 0 Å². The summed E-state index contributed by atoms with van der Waals surface area (Å²) in [6.45, 7) is 0. The highest BCUT2D eigenvalue weighted by Gasteiger charge is 2.24. The summed E-state index contributed by atoms with van der Waals surface area (Å²) in [7, 11) is 0. The van der Waals surface area contributed by atoms with Crippen LogP contribution < -0.4 is 0 Å². The Morgan fingerprint density at radius 3 is 1.32 bits per heavy atom. The van der Waals surface area contributed by atoms with Crippen molar-refractivity contribution >= 4 is 44.0 Å². The monoisotopic (exact) mass is 632 g/mol. The molecule has 9 aromatic carbocycles. The Morgan fingerprint density at radius 2 is 0.740 bits per heavy atom. The minimum Gasteiger partial charge on any atom is -0.0622 e. The van der Waals surface area contributed by atoms with Gasteiger partial charge in [0, 0.05) is 0 Å². The lowest BCUT2D eigenvalue weighted by Gasteiger charge is -2.19. The molecular weight excluding hydrogens is 601 g/mol. The highest BCUT2D eigenvalue weighted by Crippen LogP contribution is 2.51. The zero-order valence-corrected chi connectivity index (χ0v) is 27.5. The van der Waals surface area contributed by atoms with Crippen molar-refractivity contribution in [2.45, 2.75) is 0 Å². The van der Waals surface area contributed by atoms with Crippen LogP contribution in [-0.4, -0.2) is 0 Å². The van der Waals surface area contributed by atoms with Gasteiger partial charge in [-0.25, -0.2) is 0 Å². The molecular formula is C50H32. The lowest BCUT2D eigenvalue weighted by Crippen LogP contribution is -1.92. The molecule has 0 amide bonds. The second-order valence-corrected chi connectivity index (χ2v) is 13.2. The maximum absolute atomic E-state index is 2.36. The maximum atomic E-state index is 2.36. The summed E-state index contributed by atoms with van der Waals surface area (Å²) < 4.78 is 0. The van der Waals surface area contributed by atoms with Crippen LogP contribution >= 0.6 is 0 Å². The third-order valence-electron chi connectivity index (χ3n) is 10.4. The normalized spacial score (nSPS) is 11.6. The van der Waals surface area contributed by atoms with Crippen molar-refractivity contribution in [2.24, 2.45) is 0 Å². The van der Waals surface area contributed by atoms with Crippen LogP contribution in [0.15, 0.2) is 188 Å². The minimum atomic E-state index is 1.18. The van der Waals surface area contributed by atoms with Crippen molar-refractivity contribution in [3.8, 4) is 44.5 Å². The minimum absolute atomic E-state index is 1.18. The molecule has 0 bridgehead atoms. The maximum Gasteiger partial charge on any atom is -0.00201 e. The van der Waals surface area contributed by atoms with E-state index in [-0.39, 0.29) is 0 Å². The van der Waals surface area contributed by atoms with E-state index in [2.05, 4.69) is 194 Å². The molecule has 0 saturated carbocycles. The van der Waals surface area contributed by atoms with Crippen molar-refractivity contribution in [1.82, 2.24) is 0 Å². The fourth-order valence-electron chi connectivity index (χ4n) is 8.24. The molecule has 1 aliphatic rings. The van der Waals surface area contributed by atoms with Gasteiger partial charge in [-0.1, -0.05) is 188 Å². The van der Waals surface area contributed by atoms with Crippen LogP contribution in [-0.2, 0) is 0 Å². The molecule has 0 fully saturated rings. The predicted molar refractivity (Wildman–Crippen MR) is 214 cm³/mol. The first-order chi connectivity index (χ1) is 24.8. The average molecular weight is 633 g/mol. The van der Waals surface area contributed by atoms with E-state index in [1.54, 1.807) is 0 Å². The van der Waals surface area contributed by atoms with Crippen LogP contribution in [0.3, 0.4) is 0 Å². The molecule has 0 atom stereocenters. The zero-order valence-electron chi connectivity index (χ0n) is 27.5. The summed E-state index contributed by atoms with van der Waals surface area (Å²) in [5, 5.41) is 7.75. The predicted octanol–water partition coefficient (Wildman–Crippen LogP) is 13.7. The molecule has 0 aromatic heterocycles. The standard InChI is InChI=1S/C50H32/c1-3-14-34(15-4-1)47(35-16-5-2-6-17-35)32-33-26-28-36(29-27-33)48-40-20-9-11-22-42(40)50(43-23-12-10-21-41(43)48)46-31-30-45-38-19-8-7-18-37(38)39-24-13-25-44(46)49(39)45/h1-32H. The SMILES string of the molecule is C(=C(c1ccccc1)c1ccccc1)c1ccc(-c2c3ccccc3c(-c3ccc4c5c(cccc35)-c3ccccc3-4)c3ccccc23)cc1. The van der Waals surface area contributed by atoms with E-state index in [4.69, 9.17) is 0 Å². The van der Waals surface area contributed by atoms with Crippen LogP contribution in [0.1, 0.15) is 16.7 Å². The molecule has 232 valence electrons. The van der Waals surface area contributed by atoms with Crippen LogP contribution in [0.25, 0.3) is 88.5 Å². The summed E-state index contributed by atoms with van der Waals surface area (Å²) in [5.41, 5.74) is 15.2. The van der Waals surface area contributed by atoms with E-state index in [1.807, 2.05) is 0 Å². The summed E-state index contributed by atoms with van der Waals surface area (Å²) in [6, 6.07) is 68.7. The van der Waals surface area contributed by atoms with Crippen molar-refractivity contribution in [2.75, 3.05) is 0 Å². The third-order valence-corrected chi connectivity index (χ3v) is 10.4. The van der Waals surface area contributed by atoms with Gasteiger partial charge in [0.15, 0.2) is 0 Å². The quantitative estimate of drug-likeness (QED) is 0.131. The molecule has 0 spiro atoms. The van der Waals surface area contributed by atoms with Gasteiger partial charge in [-0.2, -0.15) is 0 Å². The number of benzene rings is 9. The molecule has 50 heavy (non-hydrogen) atoms. The second-order valence-electron chi connectivity index (χ2n) is 13.2. The Hall–Kier alpha value is -6.50. The Bertz CT molecular complexity index is 2640. The first-order valence-electron chi connectivity index (χ1n) is 17.4. The lowest BCUT2D eigenvalue weighted by molar-refractivity contribution is 1.55. The molecule has 0 radical (unpaired) electrons. The van der Waals surface area contributed by atoms with E-state index in [0.29, 0.717) is 0 Å². The number of rotatable bonds is 5. The number of hydrogen-bond donors (Lipinski definition) is 0. The van der Waals surface area contributed by atoms with Crippen molar-refractivity contribution in [1.29, 1.82) is 0 Å². The topological polar surface area (TPSA) is 0 Å². The smallest absolute Gasteiger partial charge is 0.00201 e. The van der Waals surface area contributed by atoms with Gasteiger partial charge < -0.3 is 0 Å². The Balaban J connectivity index is 1.17. The molecule has 0 heteroatoms. The molecule has 10 rings (SSSR count). The zero-order chi connectivity index (χ0) is 33.0. The first-order valence-corrected chi connectivity index (χ1v) is 17.4. The summed E-state index contributed by atoms with van der Waals surface area (Å²) >= 11 is 0. The van der Waals surface area contributed by atoms with Gasteiger partial charge in [0.05, 0.1) is 0 Å². The van der Waals surface area contributed by atoms with E-state index >= 15 is 0 Å². The van der Waals surface area contributed by atoms with Gasteiger partial charge in [0.25, 0.3) is 0 Å². The molecule has 0 nitrogen and oxygen atoms in total. The van der Waals surface area contributed by atoms with Crippen molar-refractivity contribution < 1.29 is 0 Å².